The summed E-state index contributed by atoms with van der Waals surface area (Å²) in [7, 11) is 0. The van der Waals surface area contributed by atoms with Crippen molar-refractivity contribution in [2.45, 2.75) is 31.2 Å². The number of likely N-dealkylation sites (tertiary alicyclic amines) is 1. The lowest BCUT2D eigenvalue weighted by Crippen LogP contribution is -2.50. The van der Waals surface area contributed by atoms with Crippen LogP contribution in [0.4, 0.5) is 5.69 Å². The number of hydrogen-bond donors (Lipinski definition) is 1. The predicted octanol–water partition coefficient (Wildman–Crippen LogP) is 3.48. The average Bonchev–Trinajstić information content (AvgIpc) is 3.45. The SMILES string of the molecule is O=C(C1CC1)N1CCC[C@]12C(=O)Nc1ccc(-c3ccc4nccnc4c3)cc12. The van der Waals surface area contributed by atoms with Crippen molar-refractivity contribution in [3.63, 3.8) is 0 Å². The summed E-state index contributed by atoms with van der Waals surface area (Å²) in [4.78, 5) is 36.7. The standard InChI is InChI=1S/C23H20N4O2/c28-21(14-2-3-14)27-11-1-8-23(27)17-12-15(4-6-18(17)26-22(23)29)16-5-7-19-20(13-16)25-10-9-24-19/h4-7,9-10,12-14H,1-3,8,11H2,(H,26,29)/t23-/m0/s1. The molecule has 6 heteroatoms. The van der Waals surface area contributed by atoms with Crippen molar-refractivity contribution in [1.82, 2.24) is 14.9 Å². The number of aromatic nitrogens is 2. The molecule has 3 aliphatic rings. The van der Waals surface area contributed by atoms with E-state index in [4.69, 9.17) is 0 Å². The first-order chi connectivity index (χ1) is 14.2. The maximum absolute atomic E-state index is 13.1. The Labute approximate surface area is 168 Å². The lowest BCUT2D eigenvalue weighted by atomic mass is 9.86. The number of carbonyl (C=O) groups is 2. The van der Waals surface area contributed by atoms with E-state index in [2.05, 4.69) is 21.4 Å². The molecule has 1 atom stereocenters. The molecule has 0 radical (unpaired) electrons. The fourth-order valence-corrected chi connectivity index (χ4v) is 4.85. The smallest absolute Gasteiger partial charge is 0.255 e. The van der Waals surface area contributed by atoms with Gasteiger partial charge < -0.3 is 10.2 Å². The Balaban J connectivity index is 1.47. The van der Waals surface area contributed by atoms with Gasteiger partial charge in [-0.05, 0) is 61.1 Å². The lowest BCUT2D eigenvalue weighted by molar-refractivity contribution is -0.143. The molecule has 6 nitrogen and oxygen atoms in total. The van der Waals surface area contributed by atoms with Gasteiger partial charge in [-0.3, -0.25) is 19.6 Å². The van der Waals surface area contributed by atoms with Gasteiger partial charge in [-0.2, -0.15) is 0 Å². The quantitative estimate of drug-likeness (QED) is 0.734. The minimum atomic E-state index is -0.859. The molecule has 1 N–H and O–H groups in total. The zero-order chi connectivity index (χ0) is 19.6. The van der Waals surface area contributed by atoms with Crippen LogP contribution in [-0.2, 0) is 15.1 Å². The van der Waals surface area contributed by atoms with Gasteiger partial charge in [0.2, 0.25) is 5.91 Å². The van der Waals surface area contributed by atoms with Crippen molar-refractivity contribution >= 4 is 28.5 Å². The van der Waals surface area contributed by atoms with E-state index in [1.54, 1.807) is 12.4 Å². The number of rotatable bonds is 2. The topological polar surface area (TPSA) is 75.2 Å². The van der Waals surface area contributed by atoms with Gasteiger partial charge in [0.25, 0.3) is 5.91 Å². The molecule has 3 aromatic rings. The number of nitrogens with zero attached hydrogens (tertiary/aromatic N) is 3. The number of nitrogens with one attached hydrogen (secondary N) is 1. The highest BCUT2D eigenvalue weighted by atomic mass is 16.2. The van der Waals surface area contributed by atoms with Crippen LogP contribution in [0.15, 0.2) is 48.8 Å². The molecular weight excluding hydrogens is 364 g/mol. The summed E-state index contributed by atoms with van der Waals surface area (Å²) < 4.78 is 0. The second-order valence-corrected chi connectivity index (χ2v) is 8.20. The fraction of sp³-hybridized carbons (Fsp3) is 0.304. The van der Waals surface area contributed by atoms with Gasteiger partial charge in [0.05, 0.1) is 11.0 Å². The summed E-state index contributed by atoms with van der Waals surface area (Å²) in [5.41, 5.74) is 4.59. The van der Waals surface area contributed by atoms with Crippen molar-refractivity contribution in [3.8, 4) is 11.1 Å². The Morgan fingerprint density at radius 2 is 1.79 bits per heavy atom. The summed E-state index contributed by atoms with van der Waals surface area (Å²) in [5.74, 6) is 0.168. The van der Waals surface area contributed by atoms with Crippen LogP contribution in [0.5, 0.6) is 0 Å². The van der Waals surface area contributed by atoms with Crippen molar-refractivity contribution < 1.29 is 9.59 Å². The molecule has 3 heterocycles. The first-order valence-corrected chi connectivity index (χ1v) is 10.2. The Morgan fingerprint density at radius 1 is 1.03 bits per heavy atom. The second-order valence-electron chi connectivity index (χ2n) is 8.20. The van der Waals surface area contributed by atoms with Gasteiger partial charge in [-0.1, -0.05) is 12.1 Å². The van der Waals surface area contributed by atoms with Gasteiger partial charge in [0.15, 0.2) is 0 Å². The fourth-order valence-electron chi connectivity index (χ4n) is 4.85. The molecule has 29 heavy (non-hydrogen) atoms. The van der Waals surface area contributed by atoms with E-state index in [1.807, 2.05) is 35.2 Å². The molecule has 2 aromatic carbocycles. The third-order valence-electron chi connectivity index (χ3n) is 6.47. The zero-order valence-electron chi connectivity index (χ0n) is 15.9. The van der Waals surface area contributed by atoms with Gasteiger partial charge >= 0.3 is 0 Å². The van der Waals surface area contributed by atoms with Crippen LogP contribution in [-0.4, -0.2) is 33.2 Å². The van der Waals surface area contributed by atoms with E-state index in [0.29, 0.717) is 13.0 Å². The third kappa shape index (κ3) is 2.35. The zero-order valence-corrected chi connectivity index (χ0v) is 15.9. The highest BCUT2D eigenvalue weighted by molar-refractivity contribution is 6.08. The molecule has 0 bridgehead atoms. The highest BCUT2D eigenvalue weighted by Crippen LogP contribution is 2.50. The Morgan fingerprint density at radius 3 is 2.62 bits per heavy atom. The van der Waals surface area contributed by atoms with E-state index < -0.39 is 5.54 Å². The maximum atomic E-state index is 13.1. The third-order valence-corrected chi connectivity index (χ3v) is 6.47. The Bertz CT molecular complexity index is 1190. The number of benzene rings is 2. The summed E-state index contributed by atoms with van der Waals surface area (Å²) >= 11 is 0. The summed E-state index contributed by atoms with van der Waals surface area (Å²) in [6, 6.07) is 12.0. The molecule has 2 aliphatic heterocycles. The second kappa shape index (κ2) is 5.86. The lowest BCUT2D eigenvalue weighted by Gasteiger charge is -2.33. The molecule has 1 aliphatic carbocycles. The number of carbonyl (C=O) groups excluding carboxylic acids is 2. The minimum absolute atomic E-state index is 0.0690. The summed E-state index contributed by atoms with van der Waals surface area (Å²) in [6.07, 6.45) is 6.78. The van der Waals surface area contributed by atoms with Crippen LogP contribution in [0.1, 0.15) is 31.2 Å². The molecule has 6 rings (SSSR count). The van der Waals surface area contributed by atoms with Crippen LogP contribution in [0.3, 0.4) is 0 Å². The highest BCUT2D eigenvalue weighted by Gasteiger charge is 2.57. The van der Waals surface area contributed by atoms with Crippen LogP contribution in [0, 0.1) is 5.92 Å². The Kier molecular flexibility index (Phi) is 3.37. The van der Waals surface area contributed by atoms with Crippen LogP contribution < -0.4 is 5.32 Å². The largest absolute Gasteiger partial charge is 0.324 e. The summed E-state index contributed by atoms with van der Waals surface area (Å²) in [6.45, 7) is 0.651. The maximum Gasteiger partial charge on any atom is 0.255 e. The molecule has 1 saturated heterocycles. The first kappa shape index (κ1) is 16.7. The van der Waals surface area contributed by atoms with Crippen molar-refractivity contribution in [1.29, 1.82) is 0 Å². The molecular formula is C23H20N4O2. The van der Waals surface area contributed by atoms with E-state index in [0.717, 1.165) is 52.7 Å². The van der Waals surface area contributed by atoms with Crippen molar-refractivity contribution in [2.75, 3.05) is 11.9 Å². The van der Waals surface area contributed by atoms with E-state index in [9.17, 15) is 9.59 Å². The minimum Gasteiger partial charge on any atom is -0.324 e. The molecule has 0 unspecified atom stereocenters. The van der Waals surface area contributed by atoms with Crippen molar-refractivity contribution in [3.05, 3.63) is 54.4 Å². The number of amides is 2. The predicted molar refractivity (Wildman–Crippen MR) is 109 cm³/mol. The van der Waals surface area contributed by atoms with Crippen molar-refractivity contribution in [2.24, 2.45) is 5.92 Å². The monoisotopic (exact) mass is 384 g/mol. The van der Waals surface area contributed by atoms with Crippen LogP contribution >= 0.6 is 0 Å². The van der Waals surface area contributed by atoms with Gasteiger partial charge in [-0.15, -0.1) is 0 Å². The van der Waals surface area contributed by atoms with Crippen LogP contribution in [0.25, 0.3) is 22.2 Å². The van der Waals surface area contributed by atoms with Gasteiger partial charge in [0.1, 0.15) is 5.54 Å². The molecule has 1 spiro atoms. The summed E-state index contributed by atoms with van der Waals surface area (Å²) in [5, 5.41) is 3.03. The number of fused-ring (bicyclic) bond motifs is 3. The van der Waals surface area contributed by atoms with E-state index >= 15 is 0 Å². The van der Waals surface area contributed by atoms with E-state index in [-0.39, 0.29) is 17.7 Å². The van der Waals surface area contributed by atoms with Gasteiger partial charge in [0, 0.05) is 36.1 Å². The normalized spacial score (nSPS) is 22.9. The molecule has 144 valence electrons. The average molecular weight is 384 g/mol. The first-order valence-electron chi connectivity index (χ1n) is 10.2. The van der Waals surface area contributed by atoms with Gasteiger partial charge in [-0.25, -0.2) is 0 Å². The van der Waals surface area contributed by atoms with Crippen LogP contribution in [0.2, 0.25) is 0 Å². The van der Waals surface area contributed by atoms with E-state index in [1.165, 1.54) is 0 Å². The Hall–Kier alpha value is -3.28. The molecule has 2 amide bonds. The number of hydrogen-bond acceptors (Lipinski definition) is 4. The number of anilines is 1. The molecule has 1 saturated carbocycles. The molecule has 2 fully saturated rings. The molecule has 1 aromatic heterocycles.